The summed E-state index contributed by atoms with van der Waals surface area (Å²) in [6.45, 7) is 4.63. The van der Waals surface area contributed by atoms with E-state index in [9.17, 15) is 0 Å². The maximum Gasteiger partial charge on any atom is 0.216 e. The lowest BCUT2D eigenvalue weighted by molar-refractivity contribution is 0.213. The largest absolute Gasteiger partial charge is 0.471 e. The topological polar surface area (TPSA) is 55.5 Å². The molecule has 2 aliphatic rings. The van der Waals surface area contributed by atoms with Gasteiger partial charge < -0.3 is 9.30 Å². The van der Waals surface area contributed by atoms with E-state index in [1.807, 2.05) is 30.3 Å². The van der Waals surface area contributed by atoms with Gasteiger partial charge in [0, 0.05) is 11.3 Å². The third-order valence-corrected chi connectivity index (χ3v) is 7.03. The summed E-state index contributed by atoms with van der Waals surface area (Å²) in [5.74, 6) is 2.59. The SMILES string of the molecule is c1ccc(Cn2c(CN3CCCCC3)nnc2SC[C@H]2CN=C(c3ccccc3)O2)cc1. The van der Waals surface area contributed by atoms with Gasteiger partial charge >= 0.3 is 0 Å². The third kappa shape index (κ3) is 5.22. The van der Waals surface area contributed by atoms with E-state index in [0.29, 0.717) is 6.54 Å². The predicted molar refractivity (Wildman–Crippen MR) is 128 cm³/mol. The first-order valence-electron chi connectivity index (χ1n) is 11.4. The molecule has 0 radical (unpaired) electrons. The van der Waals surface area contributed by atoms with E-state index in [2.05, 4.69) is 55.0 Å². The average Bonchev–Trinajstić information content (AvgIpc) is 3.47. The van der Waals surface area contributed by atoms with Crippen LogP contribution in [0.15, 0.2) is 70.8 Å². The number of ether oxygens (including phenoxy) is 1. The van der Waals surface area contributed by atoms with E-state index in [1.54, 1.807) is 11.8 Å². The van der Waals surface area contributed by atoms with Gasteiger partial charge in [0.05, 0.1) is 19.6 Å². The first-order valence-corrected chi connectivity index (χ1v) is 12.4. The lowest BCUT2D eigenvalue weighted by atomic mass is 10.1. The molecule has 7 heteroatoms. The normalized spacial score (nSPS) is 19.0. The number of hydrogen-bond acceptors (Lipinski definition) is 6. The van der Waals surface area contributed by atoms with Crippen LogP contribution < -0.4 is 0 Å². The molecule has 0 spiro atoms. The molecule has 2 aromatic carbocycles. The Morgan fingerprint density at radius 1 is 0.875 bits per heavy atom. The third-order valence-electron chi connectivity index (χ3n) is 5.93. The summed E-state index contributed by atoms with van der Waals surface area (Å²) in [6, 6.07) is 20.7. The highest BCUT2D eigenvalue weighted by molar-refractivity contribution is 7.99. The van der Waals surface area contributed by atoms with Crippen molar-refractivity contribution < 1.29 is 4.74 Å². The van der Waals surface area contributed by atoms with Crippen molar-refractivity contribution in [3.63, 3.8) is 0 Å². The number of piperidine rings is 1. The molecule has 0 bridgehead atoms. The highest BCUT2D eigenvalue weighted by atomic mass is 32.2. The van der Waals surface area contributed by atoms with E-state index >= 15 is 0 Å². The molecular weight excluding hydrogens is 418 g/mol. The summed E-state index contributed by atoms with van der Waals surface area (Å²) in [7, 11) is 0. The van der Waals surface area contributed by atoms with Crippen molar-refractivity contribution in [1.82, 2.24) is 19.7 Å². The van der Waals surface area contributed by atoms with Gasteiger partial charge in [-0.1, -0.05) is 66.7 Å². The number of thioether (sulfide) groups is 1. The van der Waals surface area contributed by atoms with Crippen LogP contribution in [0.3, 0.4) is 0 Å². The zero-order valence-electron chi connectivity index (χ0n) is 18.3. The molecule has 1 saturated heterocycles. The fourth-order valence-corrected chi connectivity index (χ4v) is 5.13. The van der Waals surface area contributed by atoms with Gasteiger partial charge in [0.15, 0.2) is 5.16 Å². The van der Waals surface area contributed by atoms with Crippen LogP contribution >= 0.6 is 11.8 Å². The molecular formula is C25H29N5OS. The molecule has 6 nitrogen and oxygen atoms in total. The molecule has 0 aliphatic carbocycles. The van der Waals surface area contributed by atoms with Crippen LogP contribution in [0, 0.1) is 0 Å². The number of rotatable bonds is 8. The van der Waals surface area contributed by atoms with Crippen molar-refractivity contribution in [2.45, 2.75) is 43.6 Å². The maximum absolute atomic E-state index is 6.12. The zero-order valence-corrected chi connectivity index (χ0v) is 19.1. The minimum absolute atomic E-state index is 0.0580. The number of nitrogens with zero attached hydrogens (tertiary/aromatic N) is 5. The summed E-state index contributed by atoms with van der Waals surface area (Å²) >= 11 is 1.72. The van der Waals surface area contributed by atoms with Crippen LogP contribution in [0.5, 0.6) is 0 Å². The molecule has 1 atom stereocenters. The molecule has 0 amide bonds. The van der Waals surface area contributed by atoms with Crippen molar-refractivity contribution in [3.8, 4) is 0 Å². The molecule has 3 aromatic rings. The second-order valence-electron chi connectivity index (χ2n) is 8.37. The monoisotopic (exact) mass is 447 g/mol. The lowest BCUT2D eigenvalue weighted by Crippen LogP contribution is -2.30. The van der Waals surface area contributed by atoms with Gasteiger partial charge in [-0.3, -0.25) is 4.90 Å². The van der Waals surface area contributed by atoms with Gasteiger partial charge in [-0.15, -0.1) is 10.2 Å². The number of likely N-dealkylation sites (tertiary alicyclic amines) is 1. The van der Waals surface area contributed by atoms with E-state index in [-0.39, 0.29) is 6.10 Å². The highest BCUT2D eigenvalue weighted by Gasteiger charge is 2.23. The maximum atomic E-state index is 6.12. The Morgan fingerprint density at radius 3 is 2.41 bits per heavy atom. The van der Waals surface area contributed by atoms with Crippen LogP contribution in [0.25, 0.3) is 0 Å². The van der Waals surface area contributed by atoms with Gasteiger partial charge in [0.25, 0.3) is 0 Å². The minimum Gasteiger partial charge on any atom is -0.471 e. The predicted octanol–water partition coefficient (Wildman–Crippen LogP) is 4.25. The molecule has 0 N–H and O–H groups in total. The quantitative estimate of drug-likeness (QED) is 0.483. The van der Waals surface area contributed by atoms with Crippen molar-refractivity contribution >= 4 is 17.7 Å². The molecule has 166 valence electrons. The van der Waals surface area contributed by atoms with Crippen molar-refractivity contribution in [2.75, 3.05) is 25.4 Å². The van der Waals surface area contributed by atoms with Crippen LogP contribution in [0.2, 0.25) is 0 Å². The summed E-state index contributed by atoms with van der Waals surface area (Å²) < 4.78 is 8.40. The number of hydrogen-bond donors (Lipinski definition) is 0. The first-order chi connectivity index (χ1) is 15.8. The Morgan fingerprint density at radius 2 is 1.62 bits per heavy atom. The van der Waals surface area contributed by atoms with Crippen LogP contribution in [0.1, 0.15) is 36.2 Å². The summed E-state index contributed by atoms with van der Waals surface area (Å²) in [5, 5.41) is 10.1. The van der Waals surface area contributed by atoms with Crippen LogP contribution in [0.4, 0.5) is 0 Å². The Hall–Kier alpha value is -2.64. The Bertz CT molecular complexity index is 1030. The lowest BCUT2D eigenvalue weighted by Gasteiger charge is -2.26. The number of aliphatic imine (C=N–C) groups is 1. The highest BCUT2D eigenvalue weighted by Crippen LogP contribution is 2.24. The van der Waals surface area contributed by atoms with Crippen molar-refractivity contribution in [2.24, 2.45) is 4.99 Å². The van der Waals surface area contributed by atoms with Crippen molar-refractivity contribution in [3.05, 3.63) is 77.6 Å². The summed E-state index contributed by atoms with van der Waals surface area (Å²) in [6.07, 6.45) is 3.94. The molecule has 3 heterocycles. The number of benzene rings is 2. The van der Waals surface area contributed by atoms with E-state index in [1.165, 1.54) is 24.8 Å². The van der Waals surface area contributed by atoms with E-state index < -0.39 is 0 Å². The van der Waals surface area contributed by atoms with Gasteiger partial charge in [0.2, 0.25) is 5.90 Å². The van der Waals surface area contributed by atoms with Gasteiger partial charge in [-0.25, -0.2) is 4.99 Å². The summed E-state index contributed by atoms with van der Waals surface area (Å²) in [5.41, 5.74) is 2.30. The fourth-order valence-electron chi connectivity index (χ4n) is 4.20. The molecule has 1 fully saturated rings. The summed E-state index contributed by atoms with van der Waals surface area (Å²) in [4.78, 5) is 7.11. The molecule has 5 rings (SSSR count). The van der Waals surface area contributed by atoms with E-state index in [4.69, 9.17) is 4.74 Å². The number of aromatic nitrogens is 3. The molecule has 0 unspecified atom stereocenters. The zero-order chi connectivity index (χ0) is 21.6. The second-order valence-corrected chi connectivity index (χ2v) is 9.36. The van der Waals surface area contributed by atoms with Gasteiger partial charge in [-0.05, 0) is 43.6 Å². The molecule has 0 saturated carbocycles. The first kappa shape index (κ1) is 21.2. The molecule has 32 heavy (non-hydrogen) atoms. The average molecular weight is 448 g/mol. The van der Waals surface area contributed by atoms with Gasteiger partial charge in [-0.2, -0.15) is 0 Å². The Kier molecular flexibility index (Phi) is 6.84. The van der Waals surface area contributed by atoms with E-state index in [0.717, 1.165) is 54.4 Å². The van der Waals surface area contributed by atoms with Gasteiger partial charge in [0.1, 0.15) is 11.9 Å². The van der Waals surface area contributed by atoms with Crippen molar-refractivity contribution in [1.29, 1.82) is 0 Å². The smallest absolute Gasteiger partial charge is 0.216 e. The van der Waals surface area contributed by atoms with Crippen LogP contribution in [-0.2, 0) is 17.8 Å². The second kappa shape index (κ2) is 10.3. The standard InChI is InChI=1S/C25H29N5OS/c1-4-10-20(11-5-1)17-30-23(18-29-14-8-3-9-15-29)27-28-25(30)32-19-22-16-26-24(31-22)21-12-6-2-7-13-21/h1-2,4-7,10-13,22H,3,8-9,14-19H2/t22-/m1/s1. The fraction of sp³-hybridized carbons (Fsp3) is 0.400. The Balaban J connectivity index is 1.26. The van der Waals surface area contributed by atoms with Crippen LogP contribution in [-0.4, -0.2) is 57.1 Å². The molecule has 2 aliphatic heterocycles. The minimum atomic E-state index is 0.0580. The Labute approximate surface area is 193 Å². The molecule has 1 aromatic heterocycles.